The molecule has 110 valence electrons. The molecule has 0 spiro atoms. The Labute approximate surface area is 118 Å². The third-order valence-electron chi connectivity index (χ3n) is 3.30. The standard InChI is InChI=1S/C13H16O6S/c1-8-2-4-10(5-3-8)20(15,16)19-12-11(14)6-9-7-17-13(12)18-9/h2-5,9,11-14H,6-7H2,1H3/t9-,11-,12+,13+/m0/s1/i6D/t6-,9+,11+,12-,13-/m1. The smallest absolute Gasteiger partial charge is 0.297 e. The summed E-state index contributed by atoms with van der Waals surface area (Å²) >= 11 is 0. The molecule has 0 amide bonds. The Balaban J connectivity index is 1.83. The molecule has 2 bridgehead atoms. The molecule has 1 N–H and O–H groups in total. The number of aliphatic hydroxyl groups excluding tert-OH is 1. The highest BCUT2D eigenvalue weighted by Crippen LogP contribution is 2.31. The maximum atomic E-state index is 12.2. The molecule has 2 aliphatic rings. The van der Waals surface area contributed by atoms with Crippen molar-refractivity contribution in [3.8, 4) is 0 Å². The maximum absolute atomic E-state index is 12.2. The van der Waals surface area contributed by atoms with E-state index in [9.17, 15) is 13.5 Å². The van der Waals surface area contributed by atoms with E-state index in [2.05, 4.69) is 0 Å². The van der Waals surface area contributed by atoms with E-state index in [1.165, 1.54) is 12.1 Å². The van der Waals surface area contributed by atoms with Crippen LogP contribution in [0.5, 0.6) is 0 Å². The molecule has 20 heavy (non-hydrogen) atoms. The van der Waals surface area contributed by atoms with Gasteiger partial charge in [0.1, 0.15) is 0 Å². The lowest BCUT2D eigenvalue weighted by molar-refractivity contribution is -0.181. The van der Waals surface area contributed by atoms with Gasteiger partial charge in [-0.2, -0.15) is 8.42 Å². The highest BCUT2D eigenvalue weighted by atomic mass is 32.2. The van der Waals surface area contributed by atoms with E-state index in [4.69, 9.17) is 15.0 Å². The van der Waals surface area contributed by atoms with E-state index in [0.717, 1.165) is 5.56 Å². The van der Waals surface area contributed by atoms with E-state index in [0.29, 0.717) is 0 Å². The minimum absolute atomic E-state index is 0.0121. The van der Waals surface area contributed by atoms with Gasteiger partial charge >= 0.3 is 0 Å². The monoisotopic (exact) mass is 301 g/mol. The highest BCUT2D eigenvalue weighted by molar-refractivity contribution is 7.86. The van der Waals surface area contributed by atoms with Gasteiger partial charge in [0.15, 0.2) is 12.4 Å². The SMILES string of the molecule is [2H][C@H]1[C@H](O)[C@@H](OS(=O)(=O)c2ccc(C)cc2)[C@@H]2OC[C@H]1O2. The van der Waals surface area contributed by atoms with Gasteiger partial charge < -0.3 is 14.6 Å². The first kappa shape index (κ1) is 12.7. The molecule has 2 fully saturated rings. The van der Waals surface area contributed by atoms with Crippen LogP contribution < -0.4 is 0 Å². The van der Waals surface area contributed by atoms with E-state index < -0.39 is 41.1 Å². The van der Waals surface area contributed by atoms with Crippen molar-refractivity contribution < 1.29 is 28.6 Å². The second-order valence-electron chi connectivity index (χ2n) is 4.89. The van der Waals surface area contributed by atoms with E-state index >= 15 is 0 Å². The van der Waals surface area contributed by atoms with Crippen LogP contribution in [0, 0.1) is 6.92 Å². The summed E-state index contributed by atoms with van der Waals surface area (Å²) in [5.41, 5.74) is 0.920. The Kier molecular flexibility index (Phi) is 3.24. The summed E-state index contributed by atoms with van der Waals surface area (Å²) in [5, 5.41) is 10.0. The van der Waals surface area contributed by atoms with E-state index in [1.54, 1.807) is 12.1 Å². The van der Waals surface area contributed by atoms with Crippen LogP contribution >= 0.6 is 0 Å². The lowest BCUT2D eigenvalue weighted by atomic mass is 10.1. The quantitative estimate of drug-likeness (QED) is 0.822. The average Bonchev–Trinajstić information content (AvgIpc) is 2.89. The summed E-state index contributed by atoms with van der Waals surface area (Å²) in [6.07, 6.45) is -5.03. The number of benzene rings is 1. The van der Waals surface area contributed by atoms with Gasteiger partial charge in [-0.05, 0) is 19.1 Å². The fraction of sp³-hybridized carbons (Fsp3) is 0.538. The lowest BCUT2D eigenvalue weighted by Gasteiger charge is -2.31. The summed E-state index contributed by atoms with van der Waals surface area (Å²) < 4.78 is 47.9. The third-order valence-corrected chi connectivity index (χ3v) is 4.62. The van der Waals surface area contributed by atoms with Crippen molar-refractivity contribution in [1.82, 2.24) is 0 Å². The van der Waals surface area contributed by atoms with Gasteiger partial charge in [-0.25, -0.2) is 0 Å². The molecule has 0 saturated carbocycles. The number of aliphatic hydroxyl groups is 1. The molecule has 7 heteroatoms. The van der Waals surface area contributed by atoms with Gasteiger partial charge in [-0.15, -0.1) is 0 Å². The number of ether oxygens (including phenoxy) is 2. The first-order chi connectivity index (χ1) is 9.88. The summed E-state index contributed by atoms with van der Waals surface area (Å²) in [5.74, 6) is 0. The van der Waals surface area contributed by atoms with E-state index in [-0.39, 0.29) is 11.5 Å². The van der Waals surface area contributed by atoms with Crippen LogP contribution in [-0.4, -0.2) is 44.7 Å². The van der Waals surface area contributed by atoms with Gasteiger partial charge in [0.2, 0.25) is 0 Å². The Bertz CT molecular complexity index is 616. The number of aryl methyl sites for hydroxylation is 1. The molecule has 5 atom stereocenters. The Morgan fingerprint density at radius 3 is 2.80 bits per heavy atom. The van der Waals surface area contributed by atoms with Crippen molar-refractivity contribution in [1.29, 1.82) is 0 Å². The molecular weight excluding hydrogens is 284 g/mol. The topological polar surface area (TPSA) is 82.1 Å². The van der Waals surface area contributed by atoms with Crippen molar-refractivity contribution in [3.63, 3.8) is 0 Å². The molecule has 6 nitrogen and oxygen atoms in total. The van der Waals surface area contributed by atoms with Crippen LogP contribution in [0.2, 0.25) is 0 Å². The second-order valence-corrected chi connectivity index (χ2v) is 6.46. The van der Waals surface area contributed by atoms with Gasteiger partial charge in [-0.3, -0.25) is 4.18 Å². The highest BCUT2D eigenvalue weighted by Gasteiger charge is 2.46. The normalized spacial score (nSPS) is 37.7. The van der Waals surface area contributed by atoms with Crippen LogP contribution in [0.25, 0.3) is 0 Å². The average molecular weight is 301 g/mol. The van der Waals surface area contributed by atoms with Crippen LogP contribution in [-0.2, 0) is 23.8 Å². The van der Waals surface area contributed by atoms with Gasteiger partial charge in [0.05, 0.1) is 23.7 Å². The summed E-state index contributed by atoms with van der Waals surface area (Å²) in [6.45, 7) is 1.99. The van der Waals surface area contributed by atoms with Crippen LogP contribution in [0.4, 0.5) is 0 Å². The molecule has 3 rings (SSSR count). The molecule has 0 radical (unpaired) electrons. The van der Waals surface area contributed by atoms with Crippen molar-refractivity contribution in [3.05, 3.63) is 29.8 Å². The first-order valence-corrected chi connectivity index (χ1v) is 7.67. The van der Waals surface area contributed by atoms with Crippen molar-refractivity contribution in [2.75, 3.05) is 6.61 Å². The molecule has 0 unspecified atom stereocenters. The van der Waals surface area contributed by atoms with E-state index in [1.807, 2.05) is 6.92 Å². The van der Waals surface area contributed by atoms with Crippen molar-refractivity contribution in [2.45, 2.75) is 42.8 Å². The van der Waals surface area contributed by atoms with Crippen LogP contribution in [0.1, 0.15) is 13.3 Å². The van der Waals surface area contributed by atoms with Crippen molar-refractivity contribution >= 4 is 10.1 Å². The maximum Gasteiger partial charge on any atom is 0.297 e. The van der Waals surface area contributed by atoms with Crippen molar-refractivity contribution in [2.24, 2.45) is 0 Å². The molecular formula is C13H16O6S. The van der Waals surface area contributed by atoms with Crippen LogP contribution in [0.3, 0.4) is 0 Å². The molecule has 2 heterocycles. The number of rotatable bonds is 3. The summed E-state index contributed by atoms with van der Waals surface area (Å²) in [7, 11) is -4.06. The molecule has 2 saturated heterocycles. The second kappa shape index (κ2) is 5.09. The first-order valence-electron chi connectivity index (χ1n) is 6.83. The Morgan fingerprint density at radius 1 is 1.40 bits per heavy atom. The zero-order valence-corrected chi connectivity index (χ0v) is 11.6. The Morgan fingerprint density at radius 2 is 2.10 bits per heavy atom. The van der Waals surface area contributed by atoms with Gasteiger partial charge in [-0.1, -0.05) is 17.7 Å². The van der Waals surface area contributed by atoms with Crippen LogP contribution in [0.15, 0.2) is 29.2 Å². The van der Waals surface area contributed by atoms with Gasteiger partial charge in [0, 0.05) is 7.77 Å². The predicted octanol–water partition coefficient (Wildman–Crippen LogP) is 0.575. The summed E-state index contributed by atoms with van der Waals surface area (Å²) in [4.78, 5) is -0.0121. The Hall–Kier alpha value is -0.990. The fourth-order valence-corrected chi connectivity index (χ4v) is 3.29. The van der Waals surface area contributed by atoms with Gasteiger partial charge in [0.25, 0.3) is 10.1 Å². The number of hydrogen-bond donors (Lipinski definition) is 1. The minimum atomic E-state index is -4.06. The molecule has 1 aromatic carbocycles. The molecule has 0 aliphatic carbocycles. The minimum Gasteiger partial charge on any atom is -0.390 e. The lowest BCUT2D eigenvalue weighted by Crippen LogP contribution is -2.46. The predicted molar refractivity (Wildman–Crippen MR) is 68.5 cm³/mol. The summed E-state index contributed by atoms with van der Waals surface area (Å²) in [6, 6.07) is 6.16. The largest absolute Gasteiger partial charge is 0.390 e. The zero-order valence-electron chi connectivity index (χ0n) is 11.8. The zero-order chi connectivity index (χ0) is 15.2. The molecule has 0 aromatic heterocycles. The fourth-order valence-electron chi connectivity index (χ4n) is 2.21. The molecule has 2 aliphatic heterocycles. The molecule has 1 aromatic rings. The third kappa shape index (κ3) is 2.59. The number of fused-ring (bicyclic) bond motifs is 2. The number of hydrogen-bond acceptors (Lipinski definition) is 6.